The van der Waals surface area contributed by atoms with Gasteiger partial charge in [-0.25, -0.2) is 9.78 Å². The number of ketones is 1. The maximum atomic E-state index is 11.6. The van der Waals surface area contributed by atoms with Gasteiger partial charge in [-0.2, -0.15) is 0 Å². The second-order valence-electron chi connectivity index (χ2n) is 4.80. The van der Waals surface area contributed by atoms with Crippen molar-refractivity contribution >= 4 is 34.1 Å². The maximum Gasteiger partial charge on any atom is 0.358 e. The van der Waals surface area contributed by atoms with Crippen LogP contribution in [0.2, 0.25) is 0 Å². The number of nitrogens with one attached hydrogen (secondary N) is 2. The summed E-state index contributed by atoms with van der Waals surface area (Å²) in [6.45, 7) is 5.95. The van der Waals surface area contributed by atoms with E-state index in [4.69, 9.17) is 0 Å². The quantitative estimate of drug-likeness (QED) is 0.582. The van der Waals surface area contributed by atoms with Crippen molar-refractivity contribution in [2.45, 2.75) is 20.8 Å². The molecule has 0 aliphatic rings. The summed E-state index contributed by atoms with van der Waals surface area (Å²) < 4.78 is 4.58. The Labute approximate surface area is 127 Å². The minimum atomic E-state index is -0.672. The SMILES string of the molecule is COC(=O)c1nc(NCC(=O)NCC(C)C)sc1C(C)=O. The van der Waals surface area contributed by atoms with Crippen LogP contribution in [0.15, 0.2) is 0 Å². The van der Waals surface area contributed by atoms with Gasteiger partial charge in [-0.1, -0.05) is 25.2 Å². The molecule has 0 aromatic carbocycles. The van der Waals surface area contributed by atoms with Crippen molar-refractivity contribution < 1.29 is 19.1 Å². The second-order valence-corrected chi connectivity index (χ2v) is 5.80. The summed E-state index contributed by atoms with van der Waals surface area (Å²) in [6, 6.07) is 0. The molecule has 1 aromatic rings. The van der Waals surface area contributed by atoms with Gasteiger partial charge in [-0.15, -0.1) is 0 Å². The summed E-state index contributed by atoms with van der Waals surface area (Å²) in [5.41, 5.74) is -0.0277. The van der Waals surface area contributed by atoms with Gasteiger partial charge < -0.3 is 15.4 Å². The van der Waals surface area contributed by atoms with Crippen LogP contribution in [0, 0.1) is 5.92 Å². The van der Waals surface area contributed by atoms with Crippen LogP contribution < -0.4 is 10.6 Å². The topological polar surface area (TPSA) is 97.4 Å². The minimum absolute atomic E-state index is 0.0260. The molecule has 2 N–H and O–H groups in total. The number of amides is 1. The van der Waals surface area contributed by atoms with E-state index in [1.165, 1.54) is 14.0 Å². The normalized spacial score (nSPS) is 10.3. The number of carbonyl (C=O) groups excluding carboxylic acids is 3. The summed E-state index contributed by atoms with van der Waals surface area (Å²) in [6.07, 6.45) is 0. The maximum absolute atomic E-state index is 11.6. The van der Waals surface area contributed by atoms with Gasteiger partial charge >= 0.3 is 5.97 Å². The predicted octanol–water partition coefficient (Wildman–Crippen LogP) is 1.32. The molecule has 0 atom stereocenters. The van der Waals surface area contributed by atoms with Crippen molar-refractivity contribution in [2.24, 2.45) is 5.92 Å². The van der Waals surface area contributed by atoms with Crippen LogP contribution in [0.4, 0.5) is 5.13 Å². The number of rotatable bonds is 7. The van der Waals surface area contributed by atoms with Gasteiger partial charge in [0.1, 0.15) is 4.88 Å². The highest BCUT2D eigenvalue weighted by Gasteiger charge is 2.21. The lowest BCUT2D eigenvalue weighted by Crippen LogP contribution is -2.32. The average molecular weight is 313 g/mol. The third-order valence-corrected chi connectivity index (χ3v) is 3.55. The fourth-order valence-electron chi connectivity index (χ4n) is 1.41. The molecule has 0 spiro atoms. The van der Waals surface area contributed by atoms with Crippen molar-refractivity contribution in [3.8, 4) is 0 Å². The number of hydrogen-bond donors (Lipinski definition) is 2. The van der Waals surface area contributed by atoms with Crippen LogP contribution in [-0.4, -0.2) is 42.8 Å². The first-order valence-electron chi connectivity index (χ1n) is 6.45. The Balaban J connectivity index is 2.70. The number of aromatic nitrogens is 1. The van der Waals surface area contributed by atoms with E-state index in [2.05, 4.69) is 20.4 Å². The van der Waals surface area contributed by atoms with Gasteiger partial charge in [0.25, 0.3) is 0 Å². The zero-order valence-corrected chi connectivity index (χ0v) is 13.3. The first kappa shape index (κ1) is 17.1. The van der Waals surface area contributed by atoms with Crippen LogP contribution in [-0.2, 0) is 9.53 Å². The highest BCUT2D eigenvalue weighted by atomic mass is 32.1. The molecule has 21 heavy (non-hydrogen) atoms. The standard InChI is InChI=1S/C13H19N3O4S/c1-7(2)5-14-9(18)6-15-13-16-10(12(19)20-4)11(21-13)8(3)17/h7H,5-6H2,1-4H3,(H,14,18)(H,15,16). The lowest BCUT2D eigenvalue weighted by Gasteiger charge is -2.07. The van der Waals surface area contributed by atoms with Crippen molar-refractivity contribution in [1.82, 2.24) is 10.3 Å². The number of anilines is 1. The van der Waals surface area contributed by atoms with E-state index in [9.17, 15) is 14.4 Å². The van der Waals surface area contributed by atoms with Gasteiger partial charge in [-0.3, -0.25) is 9.59 Å². The Hall–Kier alpha value is -1.96. The first-order chi connectivity index (χ1) is 9.85. The molecular weight excluding hydrogens is 294 g/mol. The van der Waals surface area contributed by atoms with E-state index in [1.54, 1.807) is 0 Å². The van der Waals surface area contributed by atoms with E-state index in [0.717, 1.165) is 11.3 Å². The van der Waals surface area contributed by atoms with Crippen LogP contribution >= 0.6 is 11.3 Å². The number of carbonyl (C=O) groups is 3. The summed E-state index contributed by atoms with van der Waals surface area (Å²) >= 11 is 1.03. The number of Topliss-reactive ketones (excluding diaryl/α,β-unsaturated/α-hetero) is 1. The lowest BCUT2D eigenvalue weighted by molar-refractivity contribution is -0.119. The summed E-state index contributed by atoms with van der Waals surface area (Å²) in [5.74, 6) is -0.758. The van der Waals surface area contributed by atoms with Gasteiger partial charge in [0.15, 0.2) is 16.6 Å². The Morgan fingerprint density at radius 2 is 2.00 bits per heavy atom. The molecule has 8 heteroatoms. The third kappa shape index (κ3) is 5.14. The molecule has 0 saturated heterocycles. The fourth-order valence-corrected chi connectivity index (χ4v) is 2.25. The largest absolute Gasteiger partial charge is 0.464 e. The van der Waals surface area contributed by atoms with Gasteiger partial charge in [-0.05, 0) is 5.92 Å². The zero-order chi connectivity index (χ0) is 16.0. The van der Waals surface area contributed by atoms with Gasteiger partial charge in [0.2, 0.25) is 5.91 Å². The van der Waals surface area contributed by atoms with Gasteiger partial charge in [0, 0.05) is 13.5 Å². The molecule has 0 radical (unpaired) electrons. The van der Waals surface area contributed by atoms with Crippen molar-refractivity contribution in [1.29, 1.82) is 0 Å². The molecule has 0 saturated carbocycles. The molecule has 1 amide bonds. The number of thiazole rings is 1. The minimum Gasteiger partial charge on any atom is -0.464 e. The van der Waals surface area contributed by atoms with Crippen molar-refractivity contribution in [3.63, 3.8) is 0 Å². The van der Waals surface area contributed by atoms with E-state index in [1.807, 2.05) is 13.8 Å². The monoisotopic (exact) mass is 313 g/mol. The van der Waals surface area contributed by atoms with Crippen molar-refractivity contribution in [3.05, 3.63) is 10.6 Å². The molecule has 0 bridgehead atoms. The lowest BCUT2D eigenvalue weighted by atomic mass is 10.2. The molecule has 0 unspecified atom stereocenters. The van der Waals surface area contributed by atoms with Crippen molar-refractivity contribution in [2.75, 3.05) is 25.5 Å². The van der Waals surface area contributed by atoms with E-state index >= 15 is 0 Å². The highest BCUT2D eigenvalue weighted by molar-refractivity contribution is 7.17. The smallest absolute Gasteiger partial charge is 0.358 e. The second kappa shape index (κ2) is 7.72. The Morgan fingerprint density at radius 3 is 2.52 bits per heavy atom. The summed E-state index contributed by atoms with van der Waals surface area (Å²) in [5, 5.41) is 5.88. The zero-order valence-electron chi connectivity index (χ0n) is 12.5. The summed E-state index contributed by atoms with van der Waals surface area (Å²) in [4.78, 5) is 38.8. The number of hydrogen-bond acceptors (Lipinski definition) is 7. The number of esters is 1. The van der Waals surface area contributed by atoms with E-state index in [0.29, 0.717) is 17.6 Å². The molecular formula is C13H19N3O4S. The van der Waals surface area contributed by atoms with E-state index < -0.39 is 5.97 Å². The molecule has 0 aliphatic carbocycles. The number of methoxy groups -OCH3 is 1. The third-order valence-electron chi connectivity index (χ3n) is 2.43. The molecule has 7 nitrogen and oxygen atoms in total. The van der Waals surface area contributed by atoms with Crippen LogP contribution in [0.5, 0.6) is 0 Å². The molecule has 116 valence electrons. The molecule has 1 heterocycles. The molecule has 0 aliphatic heterocycles. The molecule has 0 fully saturated rings. The molecule has 1 aromatic heterocycles. The summed E-state index contributed by atoms with van der Waals surface area (Å²) in [7, 11) is 1.22. The Kier molecular flexibility index (Phi) is 6.29. The Bertz CT molecular complexity index is 540. The van der Waals surface area contributed by atoms with Crippen LogP contribution in [0.25, 0.3) is 0 Å². The first-order valence-corrected chi connectivity index (χ1v) is 7.27. The highest BCUT2D eigenvalue weighted by Crippen LogP contribution is 2.24. The molecule has 1 rings (SSSR count). The van der Waals surface area contributed by atoms with Crippen LogP contribution in [0.1, 0.15) is 40.9 Å². The van der Waals surface area contributed by atoms with E-state index in [-0.39, 0.29) is 28.8 Å². The predicted molar refractivity (Wildman–Crippen MR) is 79.8 cm³/mol. The average Bonchev–Trinajstić information content (AvgIpc) is 2.86. The van der Waals surface area contributed by atoms with Gasteiger partial charge in [0.05, 0.1) is 13.7 Å². The number of nitrogens with zero attached hydrogens (tertiary/aromatic N) is 1. The number of ether oxygens (including phenoxy) is 1. The van der Waals surface area contributed by atoms with Crippen LogP contribution in [0.3, 0.4) is 0 Å². The fraction of sp³-hybridized carbons (Fsp3) is 0.538. The Morgan fingerprint density at radius 1 is 1.33 bits per heavy atom.